The van der Waals surface area contributed by atoms with Crippen LogP contribution in [0.3, 0.4) is 0 Å². The van der Waals surface area contributed by atoms with E-state index in [1.54, 1.807) is 12.1 Å². The lowest BCUT2D eigenvalue weighted by Crippen LogP contribution is -2.33. The van der Waals surface area contributed by atoms with Crippen LogP contribution in [0.2, 0.25) is 0 Å². The molecular formula is C16H21N3O. The van der Waals surface area contributed by atoms with E-state index in [9.17, 15) is 5.11 Å². The van der Waals surface area contributed by atoms with E-state index in [0.29, 0.717) is 5.92 Å². The van der Waals surface area contributed by atoms with Gasteiger partial charge in [0.15, 0.2) is 0 Å². The van der Waals surface area contributed by atoms with Gasteiger partial charge in [-0.1, -0.05) is 6.07 Å². The third-order valence-corrected chi connectivity index (χ3v) is 4.15. The number of phenols is 1. The van der Waals surface area contributed by atoms with E-state index in [2.05, 4.69) is 22.2 Å². The molecule has 0 spiro atoms. The summed E-state index contributed by atoms with van der Waals surface area (Å²) in [4.78, 5) is 6.79. The molecule has 0 atom stereocenters. The summed E-state index contributed by atoms with van der Waals surface area (Å²) >= 11 is 0. The fourth-order valence-corrected chi connectivity index (χ4v) is 2.80. The number of likely N-dealkylation sites (tertiary alicyclic amines) is 1. The molecule has 1 aliphatic heterocycles. The number of aromatic hydroxyl groups is 1. The fraction of sp³-hybridized carbons (Fsp3) is 0.438. The Morgan fingerprint density at radius 1 is 1.30 bits per heavy atom. The number of rotatable bonds is 3. The lowest BCUT2D eigenvalue weighted by atomic mass is 9.97. The molecule has 4 nitrogen and oxygen atoms in total. The molecule has 20 heavy (non-hydrogen) atoms. The Morgan fingerprint density at radius 3 is 2.90 bits per heavy atom. The highest BCUT2D eigenvalue weighted by molar-refractivity contribution is 5.92. The summed E-state index contributed by atoms with van der Waals surface area (Å²) in [6.45, 7) is 3.31. The molecule has 0 unspecified atom stereocenters. The summed E-state index contributed by atoms with van der Waals surface area (Å²) in [6, 6.07) is 7.38. The molecule has 1 aromatic carbocycles. The van der Waals surface area contributed by atoms with Gasteiger partial charge in [-0.05, 0) is 62.5 Å². The molecule has 1 saturated heterocycles. The van der Waals surface area contributed by atoms with Crippen molar-refractivity contribution in [3.05, 3.63) is 30.5 Å². The lowest BCUT2D eigenvalue weighted by Gasteiger charge is -2.29. The van der Waals surface area contributed by atoms with E-state index in [0.717, 1.165) is 23.1 Å². The summed E-state index contributed by atoms with van der Waals surface area (Å²) in [5.41, 5.74) is 0. The summed E-state index contributed by atoms with van der Waals surface area (Å²) in [5.74, 6) is 1.87. The van der Waals surface area contributed by atoms with Crippen molar-refractivity contribution < 1.29 is 5.11 Å². The first kappa shape index (κ1) is 13.2. The molecule has 1 aromatic heterocycles. The molecule has 1 aliphatic rings. The number of nitrogens with one attached hydrogen (secondary N) is 1. The van der Waals surface area contributed by atoms with Crippen LogP contribution < -0.4 is 5.32 Å². The standard InChI is InChI=1S/C16H21N3O/c1-19-8-5-12(6-9-19)11-18-16-15-10-14(20)3-2-13(15)4-7-17-16/h2-4,7,10,12,20H,5-6,8-9,11H2,1H3,(H,17,18). The number of fused-ring (bicyclic) bond motifs is 1. The number of anilines is 1. The minimum atomic E-state index is 0.285. The highest BCUT2D eigenvalue weighted by Crippen LogP contribution is 2.26. The van der Waals surface area contributed by atoms with E-state index in [-0.39, 0.29) is 5.75 Å². The van der Waals surface area contributed by atoms with Crippen molar-refractivity contribution >= 4 is 16.6 Å². The zero-order chi connectivity index (χ0) is 13.9. The van der Waals surface area contributed by atoms with E-state index in [4.69, 9.17) is 0 Å². The minimum Gasteiger partial charge on any atom is -0.508 e. The topological polar surface area (TPSA) is 48.4 Å². The third kappa shape index (κ3) is 2.85. The molecule has 2 N–H and O–H groups in total. The molecule has 106 valence electrons. The number of nitrogens with zero attached hydrogens (tertiary/aromatic N) is 2. The molecule has 2 heterocycles. The van der Waals surface area contributed by atoms with Crippen LogP contribution in [0.5, 0.6) is 5.75 Å². The average Bonchev–Trinajstić information content (AvgIpc) is 2.47. The second-order valence-electron chi connectivity index (χ2n) is 5.69. The van der Waals surface area contributed by atoms with E-state index >= 15 is 0 Å². The van der Waals surface area contributed by atoms with Crippen LogP contribution >= 0.6 is 0 Å². The predicted octanol–water partition coefficient (Wildman–Crippen LogP) is 2.69. The van der Waals surface area contributed by atoms with Crippen molar-refractivity contribution in [1.29, 1.82) is 0 Å². The van der Waals surface area contributed by atoms with Crippen LogP contribution in [0, 0.1) is 5.92 Å². The van der Waals surface area contributed by atoms with Crippen molar-refractivity contribution in [2.24, 2.45) is 5.92 Å². The van der Waals surface area contributed by atoms with Gasteiger partial charge in [0.25, 0.3) is 0 Å². The molecule has 0 amide bonds. The highest BCUT2D eigenvalue weighted by atomic mass is 16.3. The third-order valence-electron chi connectivity index (χ3n) is 4.15. The Labute approximate surface area is 119 Å². The number of pyridine rings is 1. The Bertz CT molecular complexity index is 591. The van der Waals surface area contributed by atoms with Gasteiger partial charge < -0.3 is 15.3 Å². The maximum Gasteiger partial charge on any atom is 0.133 e. The molecule has 3 rings (SSSR count). The molecule has 0 saturated carbocycles. The van der Waals surface area contributed by atoms with Gasteiger partial charge in [-0.3, -0.25) is 0 Å². The van der Waals surface area contributed by atoms with Gasteiger partial charge in [0.2, 0.25) is 0 Å². The van der Waals surface area contributed by atoms with Gasteiger partial charge >= 0.3 is 0 Å². The molecule has 0 radical (unpaired) electrons. The van der Waals surface area contributed by atoms with Crippen LogP contribution in [-0.4, -0.2) is 41.7 Å². The quantitative estimate of drug-likeness (QED) is 0.901. The minimum absolute atomic E-state index is 0.285. The van der Waals surface area contributed by atoms with E-state index < -0.39 is 0 Å². The summed E-state index contributed by atoms with van der Waals surface area (Å²) in [7, 11) is 2.18. The predicted molar refractivity (Wildman–Crippen MR) is 82.1 cm³/mol. The number of hydrogen-bond donors (Lipinski definition) is 2. The maximum absolute atomic E-state index is 9.64. The van der Waals surface area contributed by atoms with Gasteiger partial charge in [0.05, 0.1) is 0 Å². The maximum atomic E-state index is 9.64. The van der Waals surface area contributed by atoms with Crippen molar-refractivity contribution in [2.45, 2.75) is 12.8 Å². The van der Waals surface area contributed by atoms with Crippen LogP contribution in [0.1, 0.15) is 12.8 Å². The first-order chi connectivity index (χ1) is 9.72. The Morgan fingerprint density at radius 2 is 2.10 bits per heavy atom. The Hall–Kier alpha value is -1.81. The van der Waals surface area contributed by atoms with Gasteiger partial charge in [-0.15, -0.1) is 0 Å². The summed E-state index contributed by atoms with van der Waals surface area (Å²) < 4.78 is 0. The SMILES string of the molecule is CN1CCC(CNc2nccc3ccc(O)cc23)CC1. The molecule has 0 bridgehead atoms. The number of benzene rings is 1. The molecule has 4 heteroatoms. The van der Waals surface area contributed by atoms with Crippen molar-refractivity contribution in [1.82, 2.24) is 9.88 Å². The van der Waals surface area contributed by atoms with Crippen molar-refractivity contribution in [2.75, 3.05) is 32.0 Å². The summed E-state index contributed by atoms with van der Waals surface area (Å²) in [5, 5.41) is 15.2. The van der Waals surface area contributed by atoms with E-state index in [1.807, 2.05) is 18.3 Å². The first-order valence-corrected chi connectivity index (χ1v) is 7.22. The van der Waals surface area contributed by atoms with Crippen LogP contribution in [0.25, 0.3) is 10.8 Å². The number of phenolic OH excluding ortho intramolecular Hbond substituents is 1. The van der Waals surface area contributed by atoms with Crippen molar-refractivity contribution in [3.8, 4) is 5.75 Å². The monoisotopic (exact) mass is 271 g/mol. The second kappa shape index (κ2) is 5.67. The number of hydrogen-bond acceptors (Lipinski definition) is 4. The fourth-order valence-electron chi connectivity index (χ4n) is 2.80. The zero-order valence-corrected chi connectivity index (χ0v) is 11.8. The van der Waals surface area contributed by atoms with Crippen LogP contribution in [0.4, 0.5) is 5.82 Å². The molecular weight excluding hydrogens is 250 g/mol. The van der Waals surface area contributed by atoms with Gasteiger partial charge in [0.1, 0.15) is 11.6 Å². The Kier molecular flexibility index (Phi) is 3.74. The Balaban J connectivity index is 1.72. The summed E-state index contributed by atoms with van der Waals surface area (Å²) in [6.07, 6.45) is 4.29. The second-order valence-corrected chi connectivity index (χ2v) is 5.69. The molecule has 1 fully saturated rings. The van der Waals surface area contributed by atoms with Gasteiger partial charge in [-0.25, -0.2) is 4.98 Å². The normalized spacial score (nSPS) is 17.4. The largest absolute Gasteiger partial charge is 0.508 e. The highest BCUT2D eigenvalue weighted by Gasteiger charge is 2.16. The lowest BCUT2D eigenvalue weighted by molar-refractivity contribution is 0.226. The number of piperidine rings is 1. The van der Waals surface area contributed by atoms with Crippen LogP contribution in [0.15, 0.2) is 30.5 Å². The van der Waals surface area contributed by atoms with Gasteiger partial charge in [0, 0.05) is 18.1 Å². The first-order valence-electron chi connectivity index (χ1n) is 7.22. The smallest absolute Gasteiger partial charge is 0.133 e. The van der Waals surface area contributed by atoms with Gasteiger partial charge in [-0.2, -0.15) is 0 Å². The average molecular weight is 271 g/mol. The number of aromatic nitrogens is 1. The molecule has 2 aromatic rings. The van der Waals surface area contributed by atoms with Crippen LogP contribution in [-0.2, 0) is 0 Å². The zero-order valence-electron chi connectivity index (χ0n) is 11.8. The van der Waals surface area contributed by atoms with E-state index in [1.165, 1.54) is 25.9 Å². The molecule has 0 aliphatic carbocycles. The van der Waals surface area contributed by atoms with Crippen molar-refractivity contribution in [3.63, 3.8) is 0 Å².